The minimum atomic E-state index is -2.82. The first kappa shape index (κ1) is 22.8. The van der Waals surface area contributed by atoms with Crippen LogP contribution < -0.4 is 10.1 Å². The quantitative estimate of drug-likeness (QED) is 0.589. The van der Waals surface area contributed by atoms with E-state index in [1.54, 1.807) is 18.5 Å². The Hall–Kier alpha value is -2.61. The number of carbonyl (C=O) groups excluding carboxylic acids is 1. The monoisotopic (exact) mass is 482 g/mol. The summed E-state index contributed by atoms with van der Waals surface area (Å²) in [5.41, 5.74) is 3.20. The van der Waals surface area contributed by atoms with E-state index in [-0.39, 0.29) is 17.1 Å². The van der Waals surface area contributed by atoms with E-state index in [0.717, 1.165) is 47.5 Å². The molecule has 8 heteroatoms. The molecule has 2 heterocycles. The predicted octanol–water partition coefficient (Wildman–Crippen LogP) is 5.18. The summed E-state index contributed by atoms with van der Waals surface area (Å²) < 4.78 is 29.2. The molecule has 2 aromatic rings. The van der Waals surface area contributed by atoms with Crippen molar-refractivity contribution in [1.82, 2.24) is 14.9 Å². The molecule has 0 saturated heterocycles. The molecule has 7 rings (SSSR count). The molecule has 1 amide bonds. The van der Waals surface area contributed by atoms with Crippen molar-refractivity contribution in [3.8, 4) is 5.75 Å². The third-order valence-electron chi connectivity index (χ3n) is 8.60. The van der Waals surface area contributed by atoms with Crippen LogP contribution in [-0.4, -0.2) is 33.9 Å². The number of alkyl halides is 2. The summed E-state index contributed by atoms with van der Waals surface area (Å²) in [4.78, 5) is 24.3. The second-order valence-corrected chi connectivity index (χ2v) is 11.3. The van der Waals surface area contributed by atoms with Crippen molar-refractivity contribution in [2.75, 3.05) is 11.9 Å². The summed E-state index contributed by atoms with van der Waals surface area (Å²) in [5.74, 6) is 3.42. The molecule has 1 aromatic heterocycles. The number of halogens is 2. The summed E-state index contributed by atoms with van der Waals surface area (Å²) >= 11 is 0. The van der Waals surface area contributed by atoms with Gasteiger partial charge in [-0.2, -0.15) is 8.78 Å². The van der Waals surface area contributed by atoms with Gasteiger partial charge in [-0.05, 0) is 85.8 Å². The van der Waals surface area contributed by atoms with Crippen LogP contribution in [-0.2, 0) is 24.3 Å². The molecule has 0 spiro atoms. The summed E-state index contributed by atoms with van der Waals surface area (Å²) in [7, 11) is 0. The first-order chi connectivity index (χ1) is 16.9. The third kappa shape index (κ3) is 4.90. The van der Waals surface area contributed by atoms with Crippen molar-refractivity contribution >= 4 is 11.7 Å². The number of ether oxygens (including phenoxy) is 1. The number of nitrogens with one attached hydrogen (secondary N) is 1. The number of carbonyl (C=O) groups is 1. The van der Waals surface area contributed by atoms with Gasteiger partial charge >= 0.3 is 6.61 Å². The lowest BCUT2D eigenvalue weighted by Crippen LogP contribution is -2.47. The number of benzene rings is 1. The highest BCUT2D eigenvalue weighted by molar-refractivity contribution is 5.91. The smallest absolute Gasteiger partial charge is 0.387 e. The van der Waals surface area contributed by atoms with E-state index >= 15 is 0 Å². The summed E-state index contributed by atoms with van der Waals surface area (Å²) in [6.07, 6.45) is 10.7. The van der Waals surface area contributed by atoms with Crippen molar-refractivity contribution in [2.45, 2.75) is 71.1 Å². The van der Waals surface area contributed by atoms with Gasteiger partial charge in [-0.25, -0.2) is 9.97 Å². The van der Waals surface area contributed by atoms with Gasteiger partial charge in [0.15, 0.2) is 0 Å². The molecule has 1 N–H and O–H groups in total. The van der Waals surface area contributed by atoms with Crippen LogP contribution in [0.4, 0.5) is 14.6 Å². The molecule has 1 aromatic carbocycles. The van der Waals surface area contributed by atoms with E-state index in [2.05, 4.69) is 24.9 Å². The number of hydrogen-bond acceptors (Lipinski definition) is 5. The molecule has 4 fully saturated rings. The maximum absolute atomic E-state index is 13.1. The Morgan fingerprint density at radius 1 is 1.09 bits per heavy atom. The van der Waals surface area contributed by atoms with E-state index in [4.69, 9.17) is 0 Å². The number of anilines is 1. The van der Waals surface area contributed by atoms with Gasteiger partial charge < -0.3 is 10.1 Å². The van der Waals surface area contributed by atoms with Crippen molar-refractivity contribution < 1.29 is 18.3 Å². The normalized spacial score (nSPS) is 29.3. The second-order valence-electron chi connectivity index (χ2n) is 11.3. The molecule has 35 heavy (non-hydrogen) atoms. The fourth-order valence-corrected chi connectivity index (χ4v) is 7.71. The number of aromatic nitrogens is 2. The lowest BCUT2D eigenvalue weighted by molar-refractivity contribution is -0.124. The Labute approximate surface area is 204 Å². The first-order valence-corrected chi connectivity index (χ1v) is 12.8. The minimum Gasteiger partial charge on any atom is -0.435 e. The van der Waals surface area contributed by atoms with Gasteiger partial charge in [-0.15, -0.1) is 0 Å². The SMILES string of the molecule is O=C(CC12CC3CC(CC(C3)C1)C2)Nc1ncnc2c1CCN(Cc1ccc(OC(F)F)cc1)C2. The van der Waals surface area contributed by atoms with Crippen LogP contribution in [0, 0.1) is 23.2 Å². The third-order valence-corrected chi connectivity index (χ3v) is 8.60. The van der Waals surface area contributed by atoms with E-state index in [0.29, 0.717) is 25.3 Å². The van der Waals surface area contributed by atoms with Crippen molar-refractivity contribution in [1.29, 1.82) is 0 Å². The molecule has 5 aliphatic rings. The summed E-state index contributed by atoms with van der Waals surface area (Å²) in [5, 5.41) is 3.15. The van der Waals surface area contributed by atoms with Crippen molar-refractivity contribution in [2.24, 2.45) is 23.2 Å². The zero-order valence-corrected chi connectivity index (χ0v) is 19.9. The maximum atomic E-state index is 13.1. The zero-order chi connectivity index (χ0) is 24.0. The van der Waals surface area contributed by atoms with Crippen LogP contribution in [0.5, 0.6) is 5.75 Å². The largest absolute Gasteiger partial charge is 0.435 e. The van der Waals surface area contributed by atoms with E-state index in [1.807, 2.05) is 12.1 Å². The maximum Gasteiger partial charge on any atom is 0.387 e. The van der Waals surface area contributed by atoms with Crippen LogP contribution in [0.15, 0.2) is 30.6 Å². The Morgan fingerprint density at radius 2 is 1.77 bits per heavy atom. The van der Waals surface area contributed by atoms with Gasteiger partial charge in [0.25, 0.3) is 0 Å². The van der Waals surface area contributed by atoms with Gasteiger partial charge in [0.2, 0.25) is 5.91 Å². The molecule has 4 aliphatic carbocycles. The lowest BCUT2D eigenvalue weighted by atomic mass is 9.49. The Kier molecular flexibility index (Phi) is 5.95. The van der Waals surface area contributed by atoms with Gasteiger partial charge in [-0.3, -0.25) is 9.69 Å². The first-order valence-electron chi connectivity index (χ1n) is 12.8. The van der Waals surface area contributed by atoms with Crippen molar-refractivity contribution in [3.63, 3.8) is 0 Å². The summed E-state index contributed by atoms with van der Waals surface area (Å²) in [6, 6.07) is 6.75. The van der Waals surface area contributed by atoms with E-state index in [1.165, 1.54) is 38.5 Å². The number of fused-ring (bicyclic) bond motifs is 1. The predicted molar refractivity (Wildman–Crippen MR) is 127 cm³/mol. The Morgan fingerprint density at radius 3 is 2.43 bits per heavy atom. The number of hydrogen-bond donors (Lipinski definition) is 1. The molecule has 4 saturated carbocycles. The van der Waals surface area contributed by atoms with Crippen LogP contribution in [0.25, 0.3) is 0 Å². The molecular weight excluding hydrogens is 450 g/mol. The molecular formula is C27H32F2N4O2. The fourth-order valence-electron chi connectivity index (χ4n) is 7.71. The van der Waals surface area contributed by atoms with Crippen LogP contribution in [0.1, 0.15) is 61.8 Å². The molecule has 186 valence electrons. The zero-order valence-electron chi connectivity index (χ0n) is 19.9. The van der Waals surface area contributed by atoms with Gasteiger partial charge in [-0.1, -0.05) is 12.1 Å². The van der Waals surface area contributed by atoms with Crippen molar-refractivity contribution in [3.05, 3.63) is 47.4 Å². The fraction of sp³-hybridized carbons (Fsp3) is 0.593. The standard InChI is InChI=1S/C27H32F2N4O2/c28-26(29)35-21-3-1-17(2-4-21)14-33-6-5-22-23(15-33)30-16-31-25(22)32-24(34)13-27-10-18-7-19(11-27)9-20(8-18)12-27/h1-4,16,18-20,26H,5-15H2,(H,30,31,32,34). The van der Waals surface area contributed by atoms with E-state index in [9.17, 15) is 13.6 Å². The molecule has 0 unspecified atom stereocenters. The highest BCUT2D eigenvalue weighted by Crippen LogP contribution is 2.61. The van der Waals surface area contributed by atoms with Crippen LogP contribution >= 0.6 is 0 Å². The molecule has 4 bridgehead atoms. The Bertz CT molecular complexity index is 1060. The van der Waals surface area contributed by atoms with Crippen LogP contribution in [0.2, 0.25) is 0 Å². The number of rotatable bonds is 7. The van der Waals surface area contributed by atoms with Crippen LogP contribution in [0.3, 0.4) is 0 Å². The van der Waals surface area contributed by atoms with E-state index < -0.39 is 6.61 Å². The lowest BCUT2D eigenvalue weighted by Gasteiger charge is -2.56. The highest BCUT2D eigenvalue weighted by atomic mass is 19.3. The van der Waals surface area contributed by atoms with Gasteiger partial charge in [0.05, 0.1) is 5.69 Å². The average molecular weight is 483 g/mol. The number of nitrogens with zero attached hydrogens (tertiary/aromatic N) is 3. The molecule has 0 radical (unpaired) electrons. The minimum absolute atomic E-state index is 0.0985. The van der Waals surface area contributed by atoms with Gasteiger partial charge in [0.1, 0.15) is 17.9 Å². The topological polar surface area (TPSA) is 67.4 Å². The molecule has 1 aliphatic heterocycles. The van der Waals surface area contributed by atoms with Gasteiger partial charge in [0, 0.05) is 31.6 Å². The number of amides is 1. The highest BCUT2D eigenvalue weighted by Gasteiger charge is 2.51. The average Bonchev–Trinajstić information content (AvgIpc) is 2.79. The molecule has 0 atom stereocenters. The second kappa shape index (κ2) is 9.12. The molecule has 6 nitrogen and oxygen atoms in total. The Balaban J connectivity index is 1.08. The summed E-state index contributed by atoms with van der Waals surface area (Å²) in [6.45, 7) is -0.661.